The third-order valence-electron chi connectivity index (χ3n) is 7.08. The number of H-pyrrole nitrogens is 1. The minimum absolute atomic E-state index is 0.342. The Hall–Kier alpha value is -2.81. The number of hydrogen-bond acceptors (Lipinski definition) is 1. The van der Waals surface area contributed by atoms with Crippen LogP contribution in [0.15, 0.2) is 66.9 Å². The second-order valence-corrected chi connectivity index (χ2v) is 8.90. The van der Waals surface area contributed by atoms with Crippen molar-refractivity contribution in [3.63, 3.8) is 0 Å². The Kier molecular flexibility index (Phi) is 5.44. The van der Waals surface area contributed by atoms with Crippen LogP contribution in [0.5, 0.6) is 0 Å². The molecule has 1 aliphatic heterocycles. The van der Waals surface area contributed by atoms with E-state index >= 15 is 0 Å². The molecule has 3 aromatic rings. The van der Waals surface area contributed by atoms with Crippen LogP contribution in [0.4, 0.5) is 0 Å². The van der Waals surface area contributed by atoms with Gasteiger partial charge in [-0.05, 0) is 66.7 Å². The molecule has 2 heterocycles. The molecule has 1 N–H and O–H groups in total. The van der Waals surface area contributed by atoms with E-state index in [1.807, 2.05) is 0 Å². The van der Waals surface area contributed by atoms with E-state index in [2.05, 4.69) is 76.8 Å². The van der Waals surface area contributed by atoms with Gasteiger partial charge in [-0.3, -0.25) is 4.79 Å². The molecule has 3 nitrogen and oxygen atoms in total. The monoisotopic (exact) mass is 398 g/mol. The second-order valence-electron chi connectivity index (χ2n) is 8.90. The number of carbonyl (C=O) groups is 1. The first-order chi connectivity index (χ1) is 14.8. The first-order valence-electron chi connectivity index (χ1n) is 11.4. The maximum Gasteiger partial charge on any atom is 0.223 e. The molecule has 5 rings (SSSR count). The summed E-state index contributed by atoms with van der Waals surface area (Å²) in [5, 5.41) is 1.37. The molecule has 30 heavy (non-hydrogen) atoms. The predicted octanol–water partition coefficient (Wildman–Crippen LogP) is 6.15. The lowest BCUT2D eigenvalue weighted by Crippen LogP contribution is -2.36. The number of nitrogens with zero attached hydrogens (tertiary/aromatic N) is 1. The Bertz CT molecular complexity index is 1040. The van der Waals surface area contributed by atoms with Gasteiger partial charge in [-0.15, -0.1) is 0 Å². The molecule has 1 aliphatic carbocycles. The standard InChI is InChI=1S/C27H30N2O/c30-27(29-16-14-22(15-17-29)21-6-2-1-3-7-21)18-20-10-12-23(13-11-20)25-19-28-26-9-5-4-8-24(25)26/h1-9,14,19-20,23,28H,10-13,15-18H2. The molecule has 0 unspecified atom stereocenters. The smallest absolute Gasteiger partial charge is 0.223 e. The topological polar surface area (TPSA) is 36.1 Å². The van der Waals surface area contributed by atoms with Gasteiger partial charge in [0.15, 0.2) is 0 Å². The van der Waals surface area contributed by atoms with E-state index < -0.39 is 0 Å². The van der Waals surface area contributed by atoms with Crippen LogP contribution in [0.1, 0.15) is 55.6 Å². The van der Waals surface area contributed by atoms with Gasteiger partial charge in [-0.1, -0.05) is 54.6 Å². The Morgan fingerprint density at radius 1 is 0.967 bits per heavy atom. The quantitative estimate of drug-likeness (QED) is 0.562. The van der Waals surface area contributed by atoms with Gasteiger partial charge in [-0.2, -0.15) is 0 Å². The summed E-state index contributed by atoms with van der Waals surface area (Å²) in [5.41, 5.74) is 5.36. The average Bonchev–Trinajstić information content (AvgIpc) is 3.24. The van der Waals surface area contributed by atoms with E-state index in [1.54, 1.807) is 0 Å². The summed E-state index contributed by atoms with van der Waals surface area (Å²) >= 11 is 0. The lowest BCUT2D eigenvalue weighted by atomic mass is 9.77. The Balaban J connectivity index is 1.14. The van der Waals surface area contributed by atoms with Crippen molar-refractivity contribution >= 4 is 22.4 Å². The number of para-hydroxylation sites is 1. The molecule has 154 valence electrons. The summed E-state index contributed by atoms with van der Waals surface area (Å²) in [7, 11) is 0. The van der Waals surface area contributed by atoms with Gasteiger partial charge in [0, 0.05) is 36.6 Å². The Morgan fingerprint density at radius 3 is 2.50 bits per heavy atom. The minimum Gasteiger partial charge on any atom is -0.361 e. The van der Waals surface area contributed by atoms with Crippen molar-refractivity contribution in [2.24, 2.45) is 5.92 Å². The van der Waals surface area contributed by atoms with Crippen LogP contribution in [0.3, 0.4) is 0 Å². The van der Waals surface area contributed by atoms with Crippen LogP contribution >= 0.6 is 0 Å². The molecular weight excluding hydrogens is 368 g/mol. The number of carbonyl (C=O) groups excluding carboxylic acids is 1. The van der Waals surface area contributed by atoms with Crippen molar-refractivity contribution in [3.05, 3.63) is 78.0 Å². The van der Waals surface area contributed by atoms with E-state index in [1.165, 1.54) is 40.4 Å². The predicted molar refractivity (Wildman–Crippen MR) is 123 cm³/mol. The summed E-state index contributed by atoms with van der Waals surface area (Å²) < 4.78 is 0. The first-order valence-corrected chi connectivity index (χ1v) is 11.4. The molecule has 1 amide bonds. The van der Waals surface area contributed by atoms with Crippen LogP contribution in [-0.4, -0.2) is 28.9 Å². The average molecular weight is 399 g/mol. The van der Waals surface area contributed by atoms with Crippen molar-refractivity contribution in [3.8, 4) is 0 Å². The Morgan fingerprint density at radius 2 is 1.73 bits per heavy atom. The molecule has 1 saturated carbocycles. The van der Waals surface area contributed by atoms with E-state index in [4.69, 9.17) is 0 Å². The first kappa shape index (κ1) is 19.2. The van der Waals surface area contributed by atoms with Gasteiger partial charge in [0.25, 0.3) is 0 Å². The fourth-order valence-electron chi connectivity index (χ4n) is 5.30. The molecule has 0 atom stereocenters. The van der Waals surface area contributed by atoms with Crippen molar-refractivity contribution < 1.29 is 4.79 Å². The maximum atomic E-state index is 12.9. The fourth-order valence-corrected chi connectivity index (χ4v) is 5.30. The van der Waals surface area contributed by atoms with Crippen LogP contribution in [0.25, 0.3) is 16.5 Å². The van der Waals surface area contributed by atoms with Gasteiger partial charge >= 0.3 is 0 Å². The molecule has 0 spiro atoms. The van der Waals surface area contributed by atoms with Gasteiger partial charge in [0.05, 0.1) is 0 Å². The number of amides is 1. The number of aromatic nitrogens is 1. The highest BCUT2D eigenvalue weighted by atomic mass is 16.2. The van der Waals surface area contributed by atoms with Crippen LogP contribution in [0, 0.1) is 5.92 Å². The highest BCUT2D eigenvalue weighted by molar-refractivity contribution is 5.83. The lowest BCUT2D eigenvalue weighted by Gasteiger charge is -2.31. The third kappa shape index (κ3) is 3.94. The molecule has 2 aliphatic rings. The minimum atomic E-state index is 0.342. The molecule has 0 bridgehead atoms. The van der Waals surface area contributed by atoms with E-state index in [0.29, 0.717) is 17.7 Å². The molecule has 0 radical (unpaired) electrons. The second kappa shape index (κ2) is 8.51. The third-order valence-corrected chi connectivity index (χ3v) is 7.08. The van der Waals surface area contributed by atoms with E-state index in [9.17, 15) is 4.79 Å². The van der Waals surface area contributed by atoms with Crippen molar-refractivity contribution in [2.45, 2.75) is 44.4 Å². The van der Waals surface area contributed by atoms with Crippen LogP contribution in [0.2, 0.25) is 0 Å². The van der Waals surface area contributed by atoms with E-state index in [-0.39, 0.29) is 0 Å². The zero-order valence-electron chi connectivity index (χ0n) is 17.5. The summed E-state index contributed by atoms with van der Waals surface area (Å²) in [6.45, 7) is 1.61. The van der Waals surface area contributed by atoms with Crippen molar-refractivity contribution in [1.29, 1.82) is 0 Å². The van der Waals surface area contributed by atoms with Crippen LogP contribution in [-0.2, 0) is 4.79 Å². The zero-order chi connectivity index (χ0) is 20.3. The van der Waals surface area contributed by atoms with Gasteiger partial charge in [0.1, 0.15) is 0 Å². The van der Waals surface area contributed by atoms with Gasteiger partial charge in [-0.25, -0.2) is 0 Å². The number of hydrogen-bond donors (Lipinski definition) is 1. The number of benzene rings is 2. The Labute approximate surface area is 178 Å². The number of fused-ring (bicyclic) bond motifs is 1. The van der Waals surface area contributed by atoms with Crippen molar-refractivity contribution in [1.82, 2.24) is 9.88 Å². The number of nitrogens with one attached hydrogen (secondary N) is 1. The molecule has 2 aromatic carbocycles. The van der Waals surface area contributed by atoms with Crippen molar-refractivity contribution in [2.75, 3.05) is 13.1 Å². The maximum absolute atomic E-state index is 12.9. The van der Waals surface area contributed by atoms with E-state index in [0.717, 1.165) is 38.8 Å². The van der Waals surface area contributed by atoms with Gasteiger partial charge < -0.3 is 9.88 Å². The normalized spacial score (nSPS) is 22.1. The fraction of sp³-hybridized carbons (Fsp3) is 0.370. The molecule has 1 aromatic heterocycles. The van der Waals surface area contributed by atoms with Gasteiger partial charge in [0.2, 0.25) is 5.91 Å². The number of aromatic amines is 1. The number of rotatable bonds is 4. The highest BCUT2D eigenvalue weighted by Crippen LogP contribution is 2.40. The highest BCUT2D eigenvalue weighted by Gasteiger charge is 2.27. The summed E-state index contributed by atoms with van der Waals surface area (Å²) in [6.07, 6.45) is 10.8. The van der Waals surface area contributed by atoms with Crippen LogP contribution < -0.4 is 0 Å². The largest absolute Gasteiger partial charge is 0.361 e. The molecule has 3 heteroatoms. The molecular formula is C27H30N2O. The lowest BCUT2D eigenvalue weighted by molar-refractivity contribution is -0.132. The summed E-state index contributed by atoms with van der Waals surface area (Å²) in [6, 6.07) is 19.1. The molecule has 0 saturated heterocycles. The summed E-state index contributed by atoms with van der Waals surface area (Å²) in [5.74, 6) is 1.51. The SMILES string of the molecule is O=C(CC1CCC(c2c[nH]c3ccccc23)CC1)N1CC=C(c2ccccc2)CC1. The zero-order valence-corrected chi connectivity index (χ0v) is 17.5. The molecule has 1 fully saturated rings. The summed E-state index contributed by atoms with van der Waals surface area (Å²) in [4.78, 5) is 18.4.